The standard InChI is InChI=1S/C22H23N3O2/c1-3-27-21(26)22(13-24)19(15-7-5-4-6-8-15)16-10-9-14(2)11-17(16)18(12-23)20(22)25/h4-8,14,19H,3,9-11,25H2,1-2H3/t14-,19-,22-/m0/s1. The maximum Gasteiger partial charge on any atom is 0.333 e. The van der Waals surface area contributed by atoms with E-state index in [4.69, 9.17) is 10.5 Å². The number of hydrogen-bond acceptors (Lipinski definition) is 5. The van der Waals surface area contributed by atoms with Crippen molar-refractivity contribution in [2.24, 2.45) is 17.1 Å². The van der Waals surface area contributed by atoms with E-state index in [0.29, 0.717) is 5.92 Å². The van der Waals surface area contributed by atoms with E-state index >= 15 is 0 Å². The maximum absolute atomic E-state index is 13.1. The van der Waals surface area contributed by atoms with Gasteiger partial charge >= 0.3 is 5.97 Å². The SMILES string of the molecule is CCOC(=O)[C@]1(C#N)C(N)=C(C#N)C2=C(CC[C@H](C)C2)[C@@H]1c1ccccc1. The Balaban J connectivity index is 2.34. The third-order valence-corrected chi connectivity index (χ3v) is 5.64. The highest BCUT2D eigenvalue weighted by atomic mass is 16.5. The van der Waals surface area contributed by atoms with Crippen molar-refractivity contribution in [1.29, 1.82) is 10.5 Å². The molecule has 138 valence electrons. The fourth-order valence-electron chi connectivity index (χ4n) is 4.36. The number of nitrogens with zero attached hydrogens (tertiary/aromatic N) is 2. The van der Waals surface area contributed by atoms with Crippen LogP contribution in [0.4, 0.5) is 0 Å². The summed E-state index contributed by atoms with van der Waals surface area (Å²) in [7, 11) is 0. The number of carbonyl (C=O) groups is 1. The van der Waals surface area contributed by atoms with Crippen molar-refractivity contribution < 1.29 is 9.53 Å². The Kier molecular flexibility index (Phi) is 5.06. The fraction of sp³-hybridized carbons (Fsp3) is 0.409. The van der Waals surface area contributed by atoms with Crippen LogP contribution < -0.4 is 5.73 Å². The molecule has 0 radical (unpaired) electrons. The molecule has 5 heteroatoms. The number of benzene rings is 1. The summed E-state index contributed by atoms with van der Waals surface area (Å²) < 4.78 is 5.28. The molecule has 0 bridgehead atoms. The average molecular weight is 361 g/mol. The molecule has 2 aliphatic rings. The van der Waals surface area contributed by atoms with Crippen LogP contribution in [-0.4, -0.2) is 12.6 Å². The summed E-state index contributed by atoms with van der Waals surface area (Å²) >= 11 is 0. The molecule has 2 N–H and O–H groups in total. The van der Waals surface area contributed by atoms with Crippen LogP contribution in [0.15, 0.2) is 52.7 Å². The highest BCUT2D eigenvalue weighted by molar-refractivity contribution is 5.88. The van der Waals surface area contributed by atoms with Crippen molar-refractivity contribution in [2.45, 2.75) is 39.0 Å². The second-order valence-corrected chi connectivity index (χ2v) is 7.24. The molecule has 3 rings (SSSR count). The molecule has 27 heavy (non-hydrogen) atoms. The van der Waals surface area contributed by atoms with Crippen molar-refractivity contribution in [1.82, 2.24) is 0 Å². The molecule has 0 aliphatic heterocycles. The molecule has 0 spiro atoms. The smallest absolute Gasteiger partial charge is 0.333 e. The lowest BCUT2D eigenvalue weighted by Gasteiger charge is -2.42. The van der Waals surface area contributed by atoms with E-state index < -0.39 is 17.3 Å². The number of nitriles is 2. The van der Waals surface area contributed by atoms with E-state index in [1.54, 1.807) is 6.92 Å². The Morgan fingerprint density at radius 3 is 2.63 bits per heavy atom. The van der Waals surface area contributed by atoms with Crippen molar-refractivity contribution in [3.8, 4) is 12.1 Å². The van der Waals surface area contributed by atoms with Crippen molar-refractivity contribution in [3.05, 3.63) is 58.3 Å². The van der Waals surface area contributed by atoms with E-state index in [1.807, 2.05) is 30.3 Å². The summed E-state index contributed by atoms with van der Waals surface area (Å²) in [6.07, 6.45) is 2.41. The monoisotopic (exact) mass is 361 g/mol. The van der Waals surface area contributed by atoms with E-state index in [0.717, 1.165) is 36.0 Å². The summed E-state index contributed by atoms with van der Waals surface area (Å²) in [5.41, 5.74) is 7.68. The minimum atomic E-state index is -1.72. The van der Waals surface area contributed by atoms with Gasteiger partial charge in [-0.15, -0.1) is 0 Å². The van der Waals surface area contributed by atoms with Crippen LogP contribution in [0.2, 0.25) is 0 Å². The summed E-state index contributed by atoms with van der Waals surface area (Å²) in [4.78, 5) is 13.1. The van der Waals surface area contributed by atoms with Gasteiger partial charge in [0.2, 0.25) is 5.41 Å². The third kappa shape index (κ3) is 2.80. The fourth-order valence-corrected chi connectivity index (χ4v) is 4.36. The largest absolute Gasteiger partial charge is 0.464 e. The lowest BCUT2D eigenvalue weighted by atomic mass is 9.59. The van der Waals surface area contributed by atoms with Crippen LogP contribution in [0.5, 0.6) is 0 Å². The predicted molar refractivity (Wildman–Crippen MR) is 101 cm³/mol. The highest BCUT2D eigenvalue weighted by Crippen LogP contribution is 2.55. The second kappa shape index (κ2) is 7.29. The summed E-state index contributed by atoms with van der Waals surface area (Å²) in [6.45, 7) is 3.98. The van der Waals surface area contributed by atoms with Crippen LogP contribution in [0.1, 0.15) is 44.6 Å². The first-order chi connectivity index (χ1) is 13.0. The number of allylic oxidation sites excluding steroid dienone is 3. The molecule has 0 saturated carbocycles. The molecule has 1 aromatic carbocycles. The molecular weight excluding hydrogens is 338 g/mol. The summed E-state index contributed by atoms with van der Waals surface area (Å²) in [5.74, 6) is -0.798. The molecule has 0 amide bonds. The van der Waals surface area contributed by atoms with Gasteiger partial charge in [-0.1, -0.05) is 42.8 Å². The zero-order valence-corrected chi connectivity index (χ0v) is 15.7. The Hall–Kier alpha value is -3.05. The van der Waals surface area contributed by atoms with Gasteiger partial charge in [0.1, 0.15) is 6.07 Å². The van der Waals surface area contributed by atoms with Crippen molar-refractivity contribution in [2.75, 3.05) is 6.61 Å². The van der Waals surface area contributed by atoms with Gasteiger partial charge in [-0.3, -0.25) is 0 Å². The highest BCUT2D eigenvalue weighted by Gasteiger charge is 2.56. The van der Waals surface area contributed by atoms with Gasteiger partial charge in [0.15, 0.2) is 0 Å². The van der Waals surface area contributed by atoms with Gasteiger partial charge in [0.05, 0.1) is 23.9 Å². The van der Waals surface area contributed by atoms with E-state index in [2.05, 4.69) is 19.1 Å². The number of esters is 1. The van der Waals surface area contributed by atoms with Crippen LogP contribution in [-0.2, 0) is 9.53 Å². The van der Waals surface area contributed by atoms with Crippen LogP contribution >= 0.6 is 0 Å². The molecule has 0 fully saturated rings. The van der Waals surface area contributed by atoms with Gasteiger partial charge in [0.25, 0.3) is 0 Å². The lowest BCUT2D eigenvalue weighted by molar-refractivity contribution is -0.151. The Bertz CT molecular complexity index is 902. The first kappa shape index (κ1) is 18.7. The molecule has 0 heterocycles. The number of ether oxygens (including phenoxy) is 1. The predicted octanol–water partition coefficient (Wildman–Crippen LogP) is 3.71. The molecule has 3 atom stereocenters. The Morgan fingerprint density at radius 2 is 2.04 bits per heavy atom. The van der Waals surface area contributed by atoms with E-state index in [9.17, 15) is 15.3 Å². The number of rotatable bonds is 3. The Morgan fingerprint density at radius 1 is 1.33 bits per heavy atom. The minimum absolute atomic E-state index is 0.0210. The van der Waals surface area contributed by atoms with Gasteiger partial charge < -0.3 is 10.5 Å². The number of nitrogens with two attached hydrogens (primary N) is 1. The van der Waals surface area contributed by atoms with Crippen LogP contribution in [0, 0.1) is 34.0 Å². The first-order valence-electron chi connectivity index (χ1n) is 9.27. The normalized spacial score (nSPS) is 27.4. The quantitative estimate of drug-likeness (QED) is 0.827. The maximum atomic E-state index is 13.1. The van der Waals surface area contributed by atoms with Gasteiger partial charge in [-0.2, -0.15) is 10.5 Å². The molecule has 1 aromatic rings. The van der Waals surface area contributed by atoms with E-state index in [1.165, 1.54) is 0 Å². The topological polar surface area (TPSA) is 99.9 Å². The molecule has 5 nitrogen and oxygen atoms in total. The molecule has 2 aliphatic carbocycles. The third-order valence-electron chi connectivity index (χ3n) is 5.64. The van der Waals surface area contributed by atoms with E-state index in [-0.39, 0.29) is 17.9 Å². The van der Waals surface area contributed by atoms with Crippen molar-refractivity contribution in [3.63, 3.8) is 0 Å². The average Bonchev–Trinajstić information content (AvgIpc) is 2.68. The van der Waals surface area contributed by atoms with Gasteiger partial charge in [-0.25, -0.2) is 4.79 Å². The molecule has 0 unspecified atom stereocenters. The minimum Gasteiger partial charge on any atom is -0.464 e. The number of carbonyl (C=O) groups excluding carboxylic acids is 1. The van der Waals surface area contributed by atoms with Crippen LogP contribution in [0.25, 0.3) is 0 Å². The summed E-state index contributed by atoms with van der Waals surface area (Å²) in [6, 6.07) is 13.8. The lowest BCUT2D eigenvalue weighted by Crippen LogP contribution is -2.46. The molecule has 0 aromatic heterocycles. The van der Waals surface area contributed by atoms with Gasteiger partial charge in [-0.05, 0) is 43.2 Å². The zero-order chi connectivity index (χ0) is 19.6. The second-order valence-electron chi connectivity index (χ2n) is 7.24. The van der Waals surface area contributed by atoms with Crippen LogP contribution in [0.3, 0.4) is 0 Å². The van der Waals surface area contributed by atoms with Gasteiger partial charge in [0, 0.05) is 5.92 Å². The molecule has 0 saturated heterocycles. The summed E-state index contributed by atoms with van der Waals surface area (Å²) in [5, 5.41) is 20.0. The van der Waals surface area contributed by atoms with Crippen molar-refractivity contribution >= 4 is 5.97 Å². The first-order valence-corrected chi connectivity index (χ1v) is 9.27. The zero-order valence-electron chi connectivity index (χ0n) is 15.7. The molecular formula is C22H23N3O2. The number of hydrogen-bond donors (Lipinski definition) is 1. The Labute approximate surface area is 159 Å².